The molecular formula is C19H21N9O6S3. The average molecular weight is 568 g/mol. The van der Waals surface area contributed by atoms with E-state index in [2.05, 4.69) is 42.9 Å². The number of aliphatic carboxylic acids is 1. The molecule has 2 fully saturated rings. The molecule has 15 nitrogen and oxygen atoms in total. The Labute approximate surface area is 222 Å². The summed E-state index contributed by atoms with van der Waals surface area (Å²) < 4.78 is 1.51. The summed E-state index contributed by atoms with van der Waals surface area (Å²) in [6.07, 6.45) is 2.08. The number of β-lactam (4-membered cyclic amide) rings is 1. The molecular weight excluding hydrogens is 546 g/mol. The van der Waals surface area contributed by atoms with E-state index in [9.17, 15) is 24.3 Å². The van der Waals surface area contributed by atoms with E-state index in [0.29, 0.717) is 18.1 Å². The van der Waals surface area contributed by atoms with Crippen LogP contribution >= 0.6 is 34.9 Å². The number of hydrogen-bond donors (Lipinski definition) is 3. The van der Waals surface area contributed by atoms with Gasteiger partial charge in [0, 0.05) is 23.4 Å². The molecule has 0 radical (unpaired) electrons. The fourth-order valence-electron chi connectivity index (χ4n) is 3.65. The van der Waals surface area contributed by atoms with Crippen molar-refractivity contribution >= 4 is 69.9 Å². The minimum Gasteiger partial charge on any atom is -0.481 e. The van der Waals surface area contributed by atoms with E-state index in [1.54, 1.807) is 6.08 Å². The standard InChI is InChI=1S/C19H21N9O6S3/c1-3-4-28-18(23-25-26-28)37-8-19(16(32)33)6-27-14(31)12(15(27)36-7-19)22-13(30)11(24-34-2)10-5-35-17(21-10)20-9-29/h3,5,9,12,15H,1,4,6-8H2,2H3,(H,22,30)(H,32,33)(H,20,21,29)/t12?,15-,19?/m1/s1. The highest BCUT2D eigenvalue weighted by atomic mass is 32.2. The predicted octanol–water partition coefficient (Wildman–Crippen LogP) is -0.502. The van der Waals surface area contributed by atoms with E-state index in [4.69, 9.17) is 4.84 Å². The number of carbonyl (C=O) groups excluding carboxylic acids is 3. The molecule has 18 heteroatoms. The Morgan fingerprint density at radius 2 is 2.30 bits per heavy atom. The maximum atomic E-state index is 12.9. The zero-order chi connectivity index (χ0) is 26.6. The number of rotatable bonds is 12. The summed E-state index contributed by atoms with van der Waals surface area (Å²) in [5.74, 6) is -1.78. The fourth-order valence-corrected chi connectivity index (χ4v) is 7.05. The molecule has 37 heavy (non-hydrogen) atoms. The van der Waals surface area contributed by atoms with Gasteiger partial charge in [0.25, 0.3) is 5.91 Å². The molecule has 2 aliphatic rings. The van der Waals surface area contributed by atoms with Crippen LogP contribution in [0.25, 0.3) is 0 Å². The molecule has 3 atom stereocenters. The van der Waals surface area contributed by atoms with Gasteiger partial charge in [-0.15, -0.1) is 34.8 Å². The first-order valence-corrected chi connectivity index (χ1v) is 13.5. The summed E-state index contributed by atoms with van der Waals surface area (Å²) in [7, 11) is 1.26. The van der Waals surface area contributed by atoms with Crippen molar-refractivity contribution in [2.24, 2.45) is 10.6 Å². The number of carboxylic acid groups (broad SMARTS) is 1. The van der Waals surface area contributed by atoms with Crippen LogP contribution in [-0.4, -0.2) is 102 Å². The van der Waals surface area contributed by atoms with Gasteiger partial charge in [0.15, 0.2) is 10.8 Å². The molecule has 196 valence electrons. The highest BCUT2D eigenvalue weighted by molar-refractivity contribution is 8.00. The molecule has 3 N–H and O–H groups in total. The summed E-state index contributed by atoms with van der Waals surface area (Å²) in [6, 6.07) is -0.870. The van der Waals surface area contributed by atoms with E-state index in [1.807, 2.05) is 0 Å². The molecule has 0 saturated carbocycles. The zero-order valence-electron chi connectivity index (χ0n) is 19.3. The van der Waals surface area contributed by atoms with E-state index < -0.39 is 34.6 Å². The number of thiazole rings is 1. The molecule has 2 aromatic heterocycles. The third-order valence-corrected chi connectivity index (χ3v) is 9.10. The van der Waals surface area contributed by atoms with Gasteiger partial charge in [0.05, 0.1) is 6.54 Å². The molecule has 4 rings (SSSR count). The summed E-state index contributed by atoms with van der Waals surface area (Å²) in [4.78, 5) is 59.1. The SMILES string of the molecule is C=CCn1nnnc1SCC1(C(=O)O)CS[C@@H]2C(NC(=O)C(=NOC)c3csc(NC=O)n3)C(=O)N2C1. The number of carbonyl (C=O) groups is 4. The van der Waals surface area contributed by atoms with Crippen LogP contribution in [0.2, 0.25) is 0 Å². The first-order valence-electron chi connectivity index (χ1n) is 10.6. The Balaban J connectivity index is 1.42. The third kappa shape index (κ3) is 5.30. The minimum atomic E-state index is -1.23. The highest BCUT2D eigenvalue weighted by Gasteiger charge is 2.57. The van der Waals surface area contributed by atoms with E-state index in [1.165, 1.54) is 45.6 Å². The van der Waals surface area contributed by atoms with Crippen molar-refractivity contribution in [1.82, 2.24) is 35.4 Å². The van der Waals surface area contributed by atoms with Crippen molar-refractivity contribution in [3.05, 3.63) is 23.7 Å². The number of allylic oxidation sites excluding steroid dienone is 1. The smallest absolute Gasteiger partial charge is 0.313 e. The summed E-state index contributed by atoms with van der Waals surface area (Å²) in [5.41, 5.74) is -1.24. The highest BCUT2D eigenvalue weighted by Crippen LogP contribution is 2.44. The summed E-state index contributed by atoms with van der Waals surface area (Å²) >= 11 is 3.56. The van der Waals surface area contributed by atoms with Gasteiger partial charge >= 0.3 is 5.97 Å². The number of nitrogens with one attached hydrogen (secondary N) is 2. The fraction of sp³-hybridized carbons (Fsp3) is 0.421. The number of fused-ring (bicyclic) bond motifs is 1. The van der Waals surface area contributed by atoms with Gasteiger partial charge in [-0.05, 0) is 10.4 Å². The van der Waals surface area contributed by atoms with Crippen LogP contribution in [0.15, 0.2) is 28.3 Å². The lowest BCUT2D eigenvalue weighted by Gasteiger charge is -2.53. The number of carboxylic acids is 1. The van der Waals surface area contributed by atoms with Gasteiger partial charge in [-0.25, -0.2) is 9.67 Å². The van der Waals surface area contributed by atoms with Crippen LogP contribution in [0.3, 0.4) is 0 Å². The van der Waals surface area contributed by atoms with Gasteiger partial charge < -0.3 is 25.5 Å². The van der Waals surface area contributed by atoms with E-state index in [0.717, 1.165) is 11.3 Å². The molecule has 2 aliphatic heterocycles. The topological polar surface area (TPSA) is 194 Å². The molecule has 3 amide bonds. The first kappa shape index (κ1) is 26.6. The molecule has 2 saturated heterocycles. The van der Waals surface area contributed by atoms with Crippen LogP contribution in [0.4, 0.5) is 5.13 Å². The van der Waals surface area contributed by atoms with E-state index >= 15 is 0 Å². The molecule has 2 unspecified atom stereocenters. The lowest BCUT2D eigenvalue weighted by atomic mass is 9.89. The quantitative estimate of drug-likeness (QED) is 0.0744. The molecule has 0 bridgehead atoms. The predicted molar refractivity (Wildman–Crippen MR) is 134 cm³/mol. The number of oxime groups is 1. The molecule has 0 aliphatic carbocycles. The van der Waals surface area contributed by atoms with E-state index in [-0.39, 0.29) is 34.6 Å². The Kier molecular flexibility index (Phi) is 8.08. The Morgan fingerprint density at radius 1 is 1.49 bits per heavy atom. The lowest BCUT2D eigenvalue weighted by Crippen LogP contribution is -2.74. The second-order valence-electron chi connectivity index (χ2n) is 7.85. The van der Waals surface area contributed by atoms with Crippen LogP contribution in [0, 0.1) is 5.41 Å². The number of nitrogens with zero attached hydrogens (tertiary/aromatic N) is 7. The molecule has 2 aromatic rings. The minimum absolute atomic E-state index is 0.0208. The van der Waals surface area contributed by atoms with Crippen molar-refractivity contribution in [2.45, 2.75) is 23.1 Å². The van der Waals surface area contributed by atoms with Gasteiger partial charge in [-0.1, -0.05) is 23.0 Å². The lowest BCUT2D eigenvalue weighted by molar-refractivity contribution is -0.157. The Bertz CT molecular complexity index is 1250. The number of hydrogen-bond acceptors (Lipinski definition) is 13. The molecule has 4 heterocycles. The number of tetrazole rings is 1. The Morgan fingerprint density at radius 3 is 3.00 bits per heavy atom. The second-order valence-corrected chi connectivity index (χ2v) is 10.8. The van der Waals surface area contributed by atoms with Crippen molar-refractivity contribution in [2.75, 3.05) is 30.5 Å². The van der Waals surface area contributed by atoms with Crippen LogP contribution in [0.1, 0.15) is 5.69 Å². The average Bonchev–Trinajstić information content (AvgIpc) is 3.54. The summed E-state index contributed by atoms with van der Waals surface area (Å²) in [5, 5.41) is 32.0. The van der Waals surface area contributed by atoms with Crippen molar-refractivity contribution in [1.29, 1.82) is 0 Å². The molecule has 0 aromatic carbocycles. The number of amides is 3. The normalized spacial score (nSPS) is 23.0. The van der Waals surface area contributed by atoms with Gasteiger partial charge in [-0.2, -0.15) is 0 Å². The first-order chi connectivity index (χ1) is 17.8. The number of thioether (sulfide) groups is 2. The number of aromatic nitrogens is 5. The maximum Gasteiger partial charge on any atom is 0.313 e. The molecule has 0 spiro atoms. The van der Waals surface area contributed by atoms with Crippen molar-refractivity contribution in [3.63, 3.8) is 0 Å². The van der Waals surface area contributed by atoms with Crippen LogP contribution in [0.5, 0.6) is 0 Å². The monoisotopic (exact) mass is 567 g/mol. The number of anilines is 1. The maximum absolute atomic E-state index is 12.9. The van der Waals surface area contributed by atoms with Crippen LogP contribution in [-0.2, 0) is 30.6 Å². The summed E-state index contributed by atoms with van der Waals surface area (Å²) in [6.45, 7) is 4.00. The second kappa shape index (κ2) is 11.3. The van der Waals surface area contributed by atoms with Gasteiger partial charge in [-0.3, -0.25) is 19.2 Å². The van der Waals surface area contributed by atoms with Crippen LogP contribution < -0.4 is 10.6 Å². The Hall–Kier alpha value is -3.51. The van der Waals surface area contributed by atoms with Crippen molar-refractivity contribution < 1.29 is 29.1 Å². The van der Waals surface area contributed by atoms with Crippen molar-refractivity contribution in [3.8, 4) is 0 Å². The largest absolute Gasteiger partial charge is 0.481 e. The third-order valence-electron chi connectivity index (χ3n) is 5.49. The van der Waals surface area contributed by atoms with Gasteiger partial charge in [0.2, 0.25) is 17.5 Å². The zero-order valence-corrected chi connectivity index (χ0v) is 21.7. The van der Waals surface area contributed by atoms with Gasteiger partial charge in [0.1, 0.15) is 29.6 Å².